The largest absolute Gasteiger partial charge is 0.383 e. The van der Waals surface area contributed by atoms with Crippen molar-refractivity contribution in [3.05, 3.63) is 29.3 Å². The van der Waals surface area contributed by atoms with Crippen molar-refractivity contribution in [1.29, 1.82) is 0 Å². The normalized spacial score (nSPS) is 34.4. The highest BCUT2D eigenvalue weighted by molar-refractivity contribution is 6.15. The molecular formula is C20H23N3O4. The van der Waals surface area contributed by atoms with Gasteiger partial charge in [0.25, 0.3) is 0 Å². The van der Waals surface area contributed by atoms with Gasteiger partial charge in [0.15, 0.2) is 0 Å². The number of carbonyl (C=O) groups is 3. The molecule has 4 atom stereocenters. The van der Waals surface area contributed by atoms with Crippen LogP contribution in [0.5, 0.6) is 0 Å². The Balaban J connectivity index is 1.69. The van der Waals surface area contributed by atoms with Crippen molar-refractivity contribution in [3.63, 3.8) is 0 Å². The molecule has 27 heavy (non-hydrogen) atoms. The summed E-state index contributed by atoms with van der Waals surface area (Å²) in [5.74, 6) is -1.66. The quantitative estimate of drug-likeness (QED) is 0.800. The maximum Gasteiger partial charge on any atom is 0.250 e. The van der Waals surface area contributed by atoms with Crippen LogP contribution >= 0.6 is 0 Å². The molecule has 1 aromatic rings. The molecule has 0 unspecified atom stereocenters. The molecule has 0 saturated carbocycles. The van der Waals surface area contributed by atoms with E-state index in [2.05, 4.69) is 10.2 Å². The molecule has 3 saturated heterocycles. The molecule has 4 aliphatic heterocycles. The number of hydrogen-bond donors (Lipinski definition) is 1. The predicted octanol–water partition coefficient (Wildman–Crippen LogP) is 0.868. The number of methoxy groups -OCH3 is 1. The summed E-state index contributed by atoms with van der Waals surface area (Å²) in [6.07, 6.45) is 1.78. The molecule has 4 aliphatic rings. The zero-order valence-electron chi connectivity index (χ0n) is 15.5. The summed E-state index contributed by atoms with van der Waals surface area (Å²) in [5, 5.41) is 2.99. The smallest absolute Gasteiger partial charge is 0.250 e. The van der Waals surface area contributed by atoms with Gasteiger partial charge in [0.05, 0.1) is 25.0 Å². The van der Waals surface area contributed by atoms with Crippen LogP contribution in [0.4, 0.5) is 5.69 Å². The number of nitrogens with zero attached hydrogens (tertiary/aromatic N) is 2. The van der Waals surface area contributed by atoms with E-state index in [-0.39, 0.29) is 30.3 Å². The number of likely N-dealkylation sites (tertiary alicyclic amines) is 1. The van der Waals surface area contributed by atoms with E-state index in [4.69, 9.17) is 4.74 Å². The Bertz CT molecular complexity index is 869. The number of amides is 3. The van der Waals surface area contributed by atoms with Gasteiger partial charge in [0.1, 0.15) is 5.54 Å². The summed E-state index contributed by atoms with van der Waals surface area (Å²) in [6, 6.07) is 5.80. The maximum absolute atomic E-state index is 13.4. The summed E-state index contributed by atoms with van der Waals surface area (Å²) < 4.78 is 5.08. The number of fused-ring (bicyclic) bond motifs is 7. The molecule has 1 aromatic carbocycles. The lowest BCUT2D eigenvalue weighted by Crippen LogP contribution is -2.54. The fourth-order valence-corrected chi connectivity index (χ4v) is 5.78. The number of aryl methyl sites for hydroxylation is 1. The summed E-state index contributed by atoms with van der Waals surface area (Å²) in [7, 11) is 1.55. The van der Waals surface area contributed by atoms with E-state index >= 15 is 0 Å². The highest BCUT2D eigenvalue weighted by Gasteiger charge is 2.74. The molecule has 7 heteroatoms. The van der Waals surface area contributed by atoms with Crippen LogP contribution in [0.1, 0.15) is 24.0 Å². The number of anilines is 1. The van der Waals surface area contributed by atoms with Crippen molar-refractivity contribution >= 4 is 23.4 Å². The molecule has 0 bridgehead atoms. The number of rotatable bonds is 3. The van der Waals surface area contributed by atoms with E-state index in [1.54, 1.807) is 7.11 Å². The minimum absolute atomic E-state index is 0.0591. The van der Waals surface area contributed by atoms with Crippen LogP contribution in [0.15, 0.2) is 18.2 Å². The Labute approximate surface area is 157 Å². The van der Waals surface area contributed by atoms with Gasteiger partial charge in [-0.15, -0.1) is 0 Å². The first kappa shape index (κ1) is 16.9. The average molecular weight is 369 g/mol. The van der Waals surface area contributed by atoms with Gasteiger partial charge in [-0.3, -0.25) is 24.2 Å². The van der Waals surface area contributed by atoms with Gasteiger partial charge in [-0.1, -0.05) is 17.7 Å². The summed E-state index contributed by atoms with van der Waals surface area (Å²) in [6.45, 7) is 3.26. The van der Waals surface area contributed by atoms with Crippen molar-refractivity contribution < 1.29 is 19.1 Å². The number of carbonyl (C=O) groups excluding carboxylic acids is 3. The summed E-state index contributed by atoms with van der Waals surface area (Å²) in [5.41, 5.74) is 1.58. The van der Waals surface area contributed by atoms with E-state index in [1.165, 1.54) is 4.90 Å². The molecule has 0 aromatic heterocycles. The third kappa shape index (κ3) is 1.91. The Morgan fingerprint density at radius 3 is 2.85 bits per heavy atom. The molecule has 7 nitrogen and oxygen atoms in total. The minimum atomic E-state index is -1.07. The second-order valence-electron chi connectivity index (χ2n) is 8.00. The Kier molecular flexibility index (Phi) is 3.52. The van der Waals surface area contributed by atoms with E-state index < -0.39 is 17.4 Å². The second kappa shape index (κ2) is 5.62. The molecular weight excluding hydrogens is 346 g/mol. The highest BCUT2D eigenvalue weighted by Crippen LogP contribution is 2.60. The van der Waals surface area contributed by atoms with Crippen molar-refractivity contribution in [3.8, 4) is 0 Å². The van der Waals surface area contributed by atoms with Crippen LogP contribution in [0.25, 0.3) is 0 Å². The number of imide groups is 1. The fourth-order valence-electron chi connectivity index (χ4n) is 5.78. The van der Waals surface area contributed by atoms with Crippen molar-refractivity contribution in [2.24, 2.45) is 11.8 Å². The molecule has 1 spiro atoms. The van der Waals surface area contributed by atoms with Crippen LogP contribution in [0, 0.1) is 18.8 Å². The van der Waals surface area contributed by atoms with Crippen LogP contribution in [-0.2, 0) is 24.7 Å². The van der Waals surface area contributed by atoms with Gasteiger partial charge >= 0.3 is 0 Å². The molecule has 3 fully saturated rings. The first-order valence-electron chi connectivity index (χ1n) is 9.55. The van der Waals surface area contributed by atoms with Crippen LogP contribution in [-0.4, -0.2) is 60.4 Å². The summed E-state index contributed by atoms with van der Waals surface area (Å²) in [4.78, 5) is 43.4. The number of benzene rings is 1. The lowest BCUT2D eigenvalue weighted by Gasteiger charge is -2.36. The van der Waals surface area contributed by atoms with Crippen LogP contribution < -0.4 is 5.32 Å². The van der Waals surface area contributed by atoms with Gasteiger partial charge in [-0.2, -0.15) is 0 Å². The first-order chi connectivity index (χ1) is 13.0. The lowest BCUT2D eigenvalue weighted by molar-refractivity contribution is -0.146. The maximum atomic E-state index is 13.4. The molecule has 142 valence electrons. The van der Waals surface area contributed by atoms with E-state index in [9.17, 15) is 14.4 Å². The molecule has 5 rings (SSSR count). The zero-order chi connectivity index (χ0) is 18.9. The predicted molar refractivity (Wildman–Crippen MR) is 96.8 cm³/mol. The average Bonchev–Trinajstić information content (AvgIpc) is 3.33. The topological polar surface area (TPSA) is 79.0 Å². The SMILES string of the molecule is COCCN1C(=O)[C@@H]2[C@@H]3CCCN3[C@]3(C(=O)Nc4ccc(C)cc43)[C@H]2C1=O. The van der Waals surface area contributed by atoms with Gasteiger partial charge in [0, 0.05) is 24.4 Å². The van der Waals surface area contributed by atoms with E-state index in [0.29, 0.717) is 6.61 Å². The standard InChI is InChI=1S/C20H23N3O4/c1-11-5-6-13-12(10-11)20(19(26)21-13)16-15(14-4-3-7-23(14)20)17(24)22(18(16)25)8-9-27-2/h5-6,10,14-16H,3-4,7-9H2,1-2H3,(H,21,26)/t14-,15+,16+,20-/m0/s1. The van der Waals surface area contributed by atoms with Crippen LogP contribution in [0.3, 0.4) is 0 Å². The van der Waals surface area contributed by atoms with Crippen molar-refractivity contribution in [2.45, 2.75) is 31.3 Å². The minimum Gasteiger partial charge on any atom is -0.383 e. The van der Waals surface area contributed by atoms with Gasteiger partial charge < -0.3 is 10.1 Å². The molecule has 0 radical (unpaired) electrons. The number of ether oxygens (including phenoxy) is 1. The molecule has 4 heterocycles. The van der Waals surface area contributed by atoms with Crippen molar-refractivity contribution in [2.75, 3.05) is 32.1 Å². The molecule has 3 amide bonds. The first-order valence-corrected chi connectivity index (χ1v) is 9.55. The van der Waals surface area contributed by atoms with Gasteiger partial charge in [-0.25, -0.2) is 0 Å². The van der Waals surface area contributed by atoms with E-state index in [0.717, 1.165) is 36.2 Å². The Hall–Kier alpha value is -2.25. The second-order valence-corrected chi connectivity index (χ2v) is 8.00. The monoisotopic (exact) mass is 369 g/mol. The number of hydrogen-bond acceptors (Lipinski definition) is 5. The van der Waals surface area contributed by atoms with E-state index in [1.807, 2.05) is 25.1 Å². The lowest BCUT2D eigenvalue weighted by atomic mass is 9.75. The van der Waals surface area contributed by atoms with Gasteiger partial charge in [-0.05, 0) is 32.4 Å². The molecule has 0 aliphatic carbocycles. The summed E-state index contributed by atoms with van der Waals surface area (Å²) >= 11 is 0. The Morgan fingerprint density at radius 2 is 2.07 bits per heavy atom. The molecule has 1 N–H and O–H groups in total. The fraction of sp³-hybridized carbons (Fsp3) is 0.550. The van der Waals surface area contributed by atoms with Gasteiger partial charge in [0.2, 0.25) is 17.7 Å². The van der Waals surface area contributed by atoms with Crippen LogP contribution in [0.2, 0.25) is 0 Å². The zero-order valence-corrected chi connectivity index (χ0v) is 15.5. The Morgan fingerprint density at radius 1 is 1.26 bits per heavy atom. The third-order valence-electron chi connectivity index (χ3n) is 6.76. The third-order valence-corrected chi connectivity index (χ3v) is 6.76. The van der Waals surface area contributed by atoms with Crippen molar-refractivity contribution in [1.82, 2.24) is 9.80 Å². The highest BCUT2D eigenvalue weighted by atomic mass is 16.5. The number of nitrogens with one attached hydrogen (secondary N) is 1.